The molecule has 0 N–H and O–H groups in total. The van der Waals surface area contributed by atoms with Gasteiger partial charge in [-0.25, -0.2) is 4.39 Å². The van der Waals surface area contributed by atoms with Gasteiger partial charge in [0.05, 0.1) is 11.4 Å². The van der Waals surface area contributed by atoms with E-state index in [0.29, 0.717) is 12.0 Å². The van der Waals surface area contributed by atoms with Crippen LogP contribution in [0.25, 0.3) is 11.3 Å². The molecule has 0 bridgehead atoms. The molecular formula is C20H24FN3O. The highest BCUT2D eigenvalue weighted by atomic mass is 19.1. The Labute approximate surface area is 148 Å². The molecule has 132 valence electrons. The maximum absolute atomic E-state index is 13.3. The lowest BCUT2D eigenvalue weighted by Gasteiger charge is -2.40. The Morgan fingerprint density at radius 1 is 1.00 bits per heavy atom. The van der Waals surface area contributed by atoms with Gasteiger partial charge in [-0.1, -0.05) is 0 Å². The number of rotatable bonds is 3. The molecule has 5 heteroatoms. The van der Waals surface area contributed by atoms with Crippen LogP contribution in [-0.4, -0.2) is 47.2 Å². The highest BCUT2D eigenvalue weighted by Gasteiger charge is 2.30. The van der Waals surface area contributed by atoms with Crippen molar-refractivity contribution in [2.45, 2.75) is 37.6 Å². The first-order chi connectivity index (χ1) is 12.3. The Bertz CT molecular complexity index is 700. The second-order valence-electron chi connectivity index (χ2n) is 6.97. The van der Waals surface area contributed by atoms with E-state index < -0.39 is 0 Å². The number of nitrogens with zero attached hydrogens (tertiary/aromatic N) is 3. The minimum Gasteiger partial charge on any atom is -0.381 e. The van der Waals surface area contributed by atoms with Crippen LogP contribution >= 0.6 is 0 Å². The summed E-state index contributed by atoms with van der Waals surface area (Å²) in [5, 5.41) is 0. The number of aromatic nitrogens is 2. The molecule has 2 aliphatic heterocycles. The Kier molecular flexibility index (Phi) is 5.04. The van der Waals surface area contributed by atoms with E-state index in [0.717, 1.165) is 62.5 Å². The highest BCUT2D eigenvalue weighted by molar-refractivity contribution is 5.62. The number of piperidine rings is 1. The van der Waals surface area contributed by atoms with Crippen molar-refractivity contribution >= 4 is 0 Å². The van der Waals surface area contributed by atoms with Crippen LogP contribution in [0.3, 0.4) is 0 Å². The van der Waals surface area contributed by atoms with E-state index in [4.69, 9.17) is 4.74 Å². The molecule has 2 fully saturated rings. The molecule has 0 unspecified atom stereocenters. The van der Waals surface area contributed by atoms with Gasteiger partial charge in [-0.05, 0) is 56.5 Å². The molecule has 1 aromatic heterocycles. The maximum Gasteiger partial charge on any atom is 0.123 e. The Morgan fingerprint density at radius 2 is 1.76 bits per heavy atom. The van der Waals surface area contributed by atoms with Gasteiger partial charge in [0.2, 0.25) is 0 Å². The first-order valence-electron chi connectivity index (χ1n) is 9.20. The molecule has 3 heterocycles. The Balaban J connectivity index is 1.57. The fraction of sp³-hybridized carbons (Fsp3) is 0.500. The number of hydrogen-bond acceptors (Lipinski definition) is 4. The van der Waals surface area contributed by atoms with E-state index in [1.54, 1.807) is 24.5 Å². The normalized spacial score (nSPS) is 22.8. The number of benzene rings is 1. The van der Waals surface area contributed by atoms with Gasteiger partial charge in [-0.15, -0.1) is 0 Å². The van der Waals surface area contributed by atoms with Gasteiger partial charge in [-0.3, -0.25) is 14.9 Å². The molecule has 0 amide bonds. The van der Waals surface area contributed by atoms with Gasteiger partial charge in [-0.2, -0.15) is 0 Å². The van der Waals surface area contributed by atoms with Crippen molar-refractivity contribution in [2.75, 3.05) is 26.3 Å². The van der Waals surface area contributed by atoms with E-state index in [2.05, 4.69) is 14.9 Å². The van der Waals surface area contributed by atoms with Crippen molar-refractivity contribution in [1.29, 1.82) is 0 Å². The topological polar surface area (TPSA) is 38.2 Å². The summed E-state index contributed by atoms with van der Waals surface area (Å²) in [6.07, 6.45) is 8.06. The molecule has 2 aliphatic rings. The summed E-state index contributed by atoms with van der Waals surface area (Å²) >= 11 is 0. The van der Waals surface area contributed by atoms with Crippen LogP contribution in [0.2, 0.25) is 0 Å². The molecule has 1 aromatic carbocycles. The fourth-order valence-corrected chi connectivity index (χ4v) is 4.09. The predicted molar refractivity (Wildman–Crippen MR) is 94.8 cm³/mol. The molecule has 4 nitrogen and oxygen atoms in total. The van der Waals surface area contributed by atoms with Crippen molar-refractivity contribution in [3.8, 4) is 11.3 Å². The van der Waals surface area contributed by atoms with Crippen LogP contribution in [0.4, 0.5) is 4.39 Å². The average Bonchev–Trinajstić information content (AvgIpc) is 2.69. The first kappa shape index (κ1) is 16.6. The van der Waals surface area contributed by atoms with Crippen LogP contribution in [0, 0.1) is 5.82 Å². The minimum absolute atomic E-state index is 0.224. The lowest BCUT2D eigenvalue weighted by atomic mass is 9.90. The molecule has 0 spiro atoms. The Morgan fingerprint density at radius 3 is 2.56 bits per heavy atom. The quantitative estimate of drug-likeness (QED) is 0.854. The third kappa shape index (κ3) is 3.72. The fourth-order valence-electron chi connectivity index (χ4n) is 4.09. The summed E-state index contributed by atoms with van der Waals surface area (Å²) in [5.41, 5.74) is 2.87. The monoisotopic (exact) mass is 341 g/mol. The van der Waals surface area contributed by atoms with E-state index in [-0.39, 0.29) is 5.82 Å². The summed E-state index contributed by atoms with van der Waals surface area (Å²) in [5.74, 6) is 0.155. The smallest absolute Gasteiger partial charge is 0.123 e. The Hall–Kier alpha value is -1.85. The van der Waals surface area contributed by atoms with Gasteiger partial charge < -0.3 is 4.74 Å². The molecule has 0 aliphatic carbocycles. The summed E-state index contributed by atoms with van der Waals surface area (Å²) in [6.45, 7) is 3.93. The number of halogens is 1. The van der Waals surface area contributed by atoms with E-state index >= 15 is 0 Å². The van der Waals surface area contributed by atoms with Crippen LogP contribution in [-0.2, 0) is 4.74 Å². The summed E-state index contributed by atoms with van der Waals surface area (Å²) in [4.78, 5) is 11.9. The van der Waals surface area contributed by atoms with Crippen molar-refractivity contribution in [1.82, 2.24) is 14.9 Å². The molecule has 25 heavy (non-hydrogen) atoms. The predicted octanol–water partition coefficient (Wildman–Crippen LogP) is 3.64. The highest BCUT2D eigenvalue weighted by Crippen LogP contribution is 2.33. The zero-order chi connectivity index (χ0) is 17.1. The van der Waals surface area contributed by atoms with E-state index in [1.807, 2.05) is 0 Å². The van der Waals surface area contributed by atoms with Crippen molar-refractivity contribution in [3.63, 3.8) is 0 Å². The van der Waals surface area contributed by atoms with Crippen LogP contribution in [0.5, 0.6) is 0 Å². The molecule has 1 atom stereocenters. The summed E-state index contributed by atoms with van der Waals surface area (Å²) < 4.78 is 18.8. The van der Waals surface area contributed by atoms with Gasteiger partial charge in [0.15, 0.2) is 0 Å². The van der Waals surface area contributed by atoms with E-state index in [9.17, 15) is 4.39 Å². The second-order valence-corrected chi connectivity index (χ2v) is 6.97. The average molecular weight is 341 g/mol. The van der Waals surface area contributed by atoms with Crippen molar-refractivity contribution in [3.05, 3.63) is 48.2 Å². The van der Waals surface area contributed by atoms with Crippen molar-refractivity contribution < 1.29 is 9.13 Å². The summed E-state index contributed by atoms with van der Waals surface area (Å²) in [6, 6.07) is 7.19. The van der Waals surface area contributed by atoms with Gasteiger partial charge in [0, 0.05) is 49.7 Å². The zero-order valence-electron chi connectivity index (χ0n) is 14.4. The second kappa shape index (κ2) is 7.58. The van der Waals surface area contributed by atoms with Gasteiger partial charge in [0.25, 0.3) is 0 Å². The lowest BCUT2D eigenvalue weighted by Crippen LogP contribution is -2.44. The maximum atomic E-state index is 13.3. The molecule has 2 saturated heterocycles. The van der Waals surface area contributed by atoms with E-state index in [1.165, 1.54) is 18.6 Å². The molecule has 0 saturated carbocycles. The SMILES string of the molecule is Fc1ccc(-c2nccnc2[C@@H]2CCCN(C3CCOCC3)C2)cc1. The molecule has 0 radical (unpaired) electrons. The van der Waals surface area contributed by atoms with Crippen LogP contribution in [0.1, 0.15) is 37.3 Å². The standard InChI is InChI=1S/C20H24FN3O/c21-17-5-3-15(4-6-17)19-20(23-10-9-22-19)16-2-1-11-24(14-16)18-7-12-25-13-8-18/h3-6,9-10,16,18H,1-2,7-8,11-14H2/t16-/m1/s1. The first-order valence-corrected chi connectivity index (χ1v) is 9.20. The van der Waals surface area contributed by atoms with Gasteiger partial charge in [0.1, 0.15) is 5.82 Å². The van der Waals surface area contributed by atoms with Crippen LogP contribution in [0.15, 0.2) is 36.7 Å². The summed E-state index contributed by atoms with van der Waals surface area (Å²) in [7, 11) is 0. The third-order valence-corrected chi connectivity index (χ3v) is 5.39. The lowest BCUT2D eigenvalue weighted by molar-refractivity contribution is 0.0238. The molecular weight excluding hydrogens is 317 g/mol. The molecule has 2 aromatic rings. The zero-order valence-corrected chi connectivity index (χ0v) is 14.4. The third-order valence-electron chi connectivity index (χ3n) is 5.39. The number of likely N-dealkylation sites (tertiary alicyclic amines) is 1. The largest absolute Gasteiger partial charge is 0.381 e. The number of hydrogen-bond donors (Lipinski definition) is 0. The number of ether oxygens (including phenoxy) is 1. The van der Waals surface area contributed by atoms with Crippen molar-refractivity contribution in [2.24, 2.45) is 0 Å². The van der Waals surface area contributed by atoms with Crippen LogP contribution < -0.4 is 0 Å². The molecule has 4 rings (SSSR count). The minimum atomic E-state index is -0.224. The van der Waals surface area contributed by atoms with Gasteiger partial charge >= 0.3 is 0 Å².